The van der Waals surface area contributed by atoms with Crippen LogP contribution in [-0.2, 0) is 4.74 Å². The smallest absolute Gasteiger partial charge is 0.191 e. The zero-order valence-corrected chi connectivity index (χ0v) is 19.0. The van der Waals surface area contributed by atoms with Crippen molar-refractivity contribution in [1.29, 1.82) is 0 Å². The molecule has 0 radical (unpaired) electrons. The van der Waals surface area contributed by atoms with Gasteiger partial charge in [0.25, 0.3) is 0 Å². The molecule has 0 aromatic heterocycles. The van der Waals surface area contributed by atoms with Gasteiger partial charge in [-0.25, -0.2) is 0 Å². The van der Waals surface area contributed by atoms with E-state index in [1.165, 1.54) is 45.2 Å². The van der Waals surface area contributed by atoms with Gasteiger partial charge in [-0.05, 0) is 45.2 Å². The van der Waals surface area contributed by atoms with E-state index in [1.807, 2.05) is 7.05 Å². The quantitative estimate of drug-likeness (QED) is 0.267. The summed E-state index contributed by atoms with van der Waals surface area (Å²) in [5.74, 6) is 0.866. The molecule has 6 nitrogen and oxygen atoms in total. The lowest BCUT2D eigenvalue weighted by Crippen LogP contribution is -2.50. The van der Waals surface area contributed by atoms with Crippen molar-refractivity contribution < 1.29 is 9.84 Å². The first-order chi connectivity index (χ1) is 12.2. The van der Waals surface area contributed by atoms with Gasteiger partial charge in [0.15, 0.2) is 5.96 Å². The number of hydrogen-bond donors (Lipinski definition) is 3. The molecule has 2 saturated heterocycles. The fourth-order valence-electron chi connectivity index (χ4n) is 3.96. The summed E-state index contributed by atoms with van der Waals surface area (Å²) in [6.45, 7) is 8.20. The molecular weight excluding hydrogens is 443 g/mol. The average Bonchev–Trinajstić information content (AvgIpc) is 3.10. The number of aliphatic hydroxyl groups is 1. The molecule has 0 aliphatic carbocycles. The van der Waals surface area contributed by atoms with Gasteiger partial charge in [-0.3, -0.25) is 9.89 Å². The third-order valence-electron chi connectivity index (χ3n) is 5.73. The Labute approximate surface area is 176 Å². The second-order valence-electron chi connectivity index (χ2n) is 7.62. The van der Waals surface area contributed by atoms with E-state index >= 15 is 0 Å². The SMILES string of the molecule is CCCCN1CCCCC1CNC(=NC)NCC1(CCO)CCOC1.I. The minimum Gasteiger partial charge on any atom is -0.396 e. The van der Waals surface area contributed by atoms with Gasteiger partial charge in [-0.2, -0.15) is 0 Å². The first kappa shape index (κ1) is 23.9. The Balaban J connectivity index is 0.00000338. The number of guanidine groups is 1. The molecule has 0 spiro atoms. The maximum absolute atomic E-state index is 9.35. The van der Waals surface area contributed by atoms with Crippen LogP contribution in [0.1, 0.15) is 51.9 Å². The van der Waals surface area contributed by atoms with Crippen molar-refractivity contribution in [2.24, 2.45) is 10.4 Å². The van der Waals surface area contributed by atoms with Crippen LogP contribution in [0, 0.1) is 5.41 Å². The summed E-state index contributed by atoms with van der Waals surface area (Å²) in [6.07, 6.45) is 8.27. The van der Waals surface area contributed by atoms with Crippen LogP contribution in [0.4, 0.5) is 0 Å². The molecule has 2 aliphatic heterocycles. The van der Waals surface area contributed by atoms with Crippen molar-refractivity contribution in [3.05, 3.63) is 0 Å². The summed E-state index contributed by atoms with van der Waals surface area (Å²) >= 11 is 0. The monoisotopic (exact) mass is 482 g/mol. The molecule has 2 rings (SSSR count). The van der Waals surface area contributed by atoms with E-state index in [1.54, 1.807) is 0 Å². The van der Waals surface area contributed by atoms with Crippen LogP contribution < -0.4 is 10.6 Å². The van der Waals surface area contributed by atoms with Gasteiger partial charge in [-0.1, -0.05) is 19.8 Å². The Kier molecular flexibility index (Phi) is 12.1. The first-order valence-corrected chi connectivity index (χ1v) is 10.1. The highest BCUT2D eigenvalue weighted by molar-refractivity contribution is 14.0. The molecule has 0 aromatic rings. The molecule has 0 bridgehead atoms. The van der Waals surface area contributed by atoms with E-state index in [4.69, 9.17) is 4.74 Å². The van der Waals surface area contributed by atoms with Crippen LogP contribution in [0.15, 0.2) is 4.99 Å². The molecule has 2 atom stereocenters. The van der Waals surface area contributed by atoms with Crippen molar-refractivity contribution in [2.75, 3.05) is 53.0 Å². The zero-order valence-electron chi connectivity index (χ0n) is 16.6. The molecule has 154 valence electrons. The second kappa shape index (κ2) is 13.1. The molecular formula is C19H39IN4O2. The number of unbranched alkanes of at least 4 members (excludes halogenated alkanes) is 1. The molecule has 2 fully saturated rings. The van der Waals surface area contributed by atoms with Crippen molar-refractivity contribution in [3.8, 4) is 0 Å². The number of nitrogens with one attached hydrogen (secondary N) is 2. The van der Waals surface area contributed by atoms with Crippen LogP contribution >= 0.6 is 24.0 Å². The molecule has 3 N–H and O–H groups in total. The van der Waals surface area contributed by atoms with Crippen molar-refractivity contribution in [1.82, 2.24) is 15.5 Å². The van der Waals surface area contributed by atoms with Gasteiger partial charge < -0.3 is 20.5 Å². The topological polar surface area (TPSA) is 69.1 Å². The molecule has 7 heteroatoms. The first-order valence-electron chi connectivity index (χ1n) is 10.1. The average molecular weight is 482 g/mol. The van der Waals surface area contributed by atoms with Crippen LogP contribution in [0.2, 0.25) is 0 Å². The fourth-order valence-corrected chi connectivity index (χ4v) is 3.96. The van der Waals surface area contributed by atoms with Crippen LogP contribution in [0.25, 0.3) is 0 Å². The lowest BCUT2D eigenvalue weighted by atomic mass is 9.84. The summed E-state index contributed by atoms with van der Waals surface area (Å²) < 4.78 is 5.57. The van der Waals surface area contributed by atoms with Crippen LogP contribution in [0.5, 0.6) is 0 Å². The number of hydrogen-bond acceptors (Lipinski definition) is 4. The Morgan fingerprint density at radius 1 is 1.35 bits per heavy atom. The molecule has 0 aromatic carbocycles. The number of halogens is 1. The van der Waals surface area contributed by atoms with Gasteiger partial charge in [0, 0.05) is 44.8 Å². The van der Waals surface area contributed by atoms with Crippen molar-refractivity contribution >= 4 is 29.9 Å². The number of piperidine rings is 1. The number of likely N-dealkylation sites (tertiary alicyclic amines) is 1. The lowest BCUT2D eigenvalue weighted by molar-refractivity contribution is 0.127. The maximum Gasteiger partial charge on any atom is 0.191 e. The standard InChI is InChI=1S/C19H38N4O2.HI/c1-3-4-10-23-11-6-5-7-17(23)14-21-18(20-2)22-15-19(8-12-24)9-13-25-16-19;/h17,24H,3-16H2,1-2H3,(H2,20,21,22);1H. The predicted molar refractivity (Wildman–Crippen MR) is 118 cm³/mol. The van der Waals surface area contributed by atoms with E-state index in [2.05, 4.69) is 27.4 Å². The minimum atomic E-state index is 0. The molecule has 0 saturated carbocycles. The predicted octanol–water partition coefficient (Wildman–Crippen LogP) is 2.21. The highest BCUT2D eigenvalue weighted by Gasteiger charge is 2.34. The van der Waals surface area contributed by atoms with Crippen LogP contribution in [-0.4, -0.2) is 75.1 Å². The normalized spacial score (nSPS) is 27.2. The molecule has 26 heavy (non-hydrogen) atoms. The summed E-state index contributed by atoms with van der Waals surface area (Å²) in [6, 6.07) is 0.611. The Hall–Kier alpha value is -0.120. The highest BCUT2D eigenvalue weighted by atomic mass is 127. The fraction of sp³-hybridized carbons (Fsp3) is 0.947. The zero-order chi connectivity index (χ0) is 18.0. The van der Waals surface area contributed by atoms with Gasteiger partial charge in [-0.15, -0.1) is 24.0 Å². The van der Waals surface area contributed by atoms with Crippen LogP contribution in [0.3, 0.4) is 0 Å². The highest BCUT2D eigenvalue weighted by Crippen LogP contribution is 2.31. The Bertz CT molecular complexity index is 403. The van der Waals surface area contributed by atoms with Crippen molar-refractivity contribution in [3.63, 3.8) is 0 Å². The van der Waals surface area contributed by atoms with Crippen molar-refractivity contribution in [2.45, 2.75) is 57.9 Å². The number of ether oxygens (including phenoxy) is 1. The molecule has 2 aliphatic rings. The summed E-state index contributed by atoms with van der Waals surface area (Å²) in [4.78, 5) is 7.03. The summed E-state index contributed by atoms with van der Waals surface area (Å²) in [7, 11) is 1.83. The minimum absolute atomic E-state index is 0. The maximum atomic E-state index is 9.35. The third kappa shape index (κ3) is 7.48. The summed E-state index contributed by atoms with van der Waals surface area (Å²) in [5.41, 5.74) is 0.0460. The number of nitrogens with zero attached hydrogens (tertiary/aromatic N) is 2. The Morgan fingerprint density at radius 2 is 2.19 bits per heavy atom. The van der Waals surface area contributed by atoms with Gasteiger partial charge in [0.05, 0.1) is 6.61 Å². The molecule has 2 heterocycles. The Morgan fingerprint density at radius 3 is 2.85 bits per heavy atom. The van der Waals surface area contributed by atoms with Gasteiger partial charge in [0.2, 0.25) is 0 Å². The van der Waals surface area contributed by atoms with E-state index in [-0.39, 0.29) is 36.0 Å². The summed E-state index contributed by atoms with van der Waals surface area (Å²) in [5, 5.41) is 16.3. The van der Waals surface area contributed by atoms with E-state index < -0.39 is 0 Å². The molecule has 0 amide bonds. The van der Waals surface area contributed by atoms with E-state index in [0.717, 1.165) is 45.1 Å². The van der Waals surface area contributed by atoms with Gasteiger partial charge >= 0.3 is 0 Å². The third-order valence-corrected chi connectivity index (χ3v) is 5.73. The van der Waals surface area contributed by atoms with E-state index in [0.29, 0.717) is 6.04 Å². The van der Waals surface area contributed by atoms with Gasteiger partial charge in [0.1, 0.15) is 0 Å². The number of aliphatic hydroxyl groups excluding tert-OH is 1. The number of rotatable bonds is 9. The molecule has 2 unspecified atom stereocenters. The lowest BCUT2D eigenvalue weighted by Gasteiger charge is -2.36. The second-order valence-corrected chi connectivity index (χ2v) is 7.62. The van der Waals surface area contributed by atoms with E-state index in [9.17, 15) is 5.11 Å². The largest absolute Gasteiger partial charge is 0.396 e. The number of aliphatic imine (C=N–C) groups is 1.